The lowest BCUT2D eigenvalue weighted by Crippen LogP contribution is -2.38. The number of fused-ring (bicyclic) bond motifs is 1. The van der Waals surface area contributed by atoms with Gasteiger partial charge in [0.25, 0.3) is 5.91 Å². The van der Waals surface area contributed by atoms with Crippen molar-refractivity contribution in [2.75, 3.05) is 13.1 Å². The van der Waals surface area contributed by atoms with Gasteiger partial charge in [0.2, 0.25) is 5.91 Å². The highest BCUT2D eigenvalue weighted by molar-refractivity contribution is 5.96. The number of rotatable bonds is 5. The standard InChI is InChI=1S/C18H22N2O4/c21-17(19-23)7-3-4-13-8-10-20(11-9-13)18(22)16-12-14-5-1-2-6-15(14)24-16/h1-2,5-6,12-13,23H,3-4,7-11H2,(H,19,21). The smallest absolute Gasteiger partial charge is 0.289 e. The minimum absolute atomic E-state index is 0.0516. The van der Waals surface area contributed by atoms with Crippen molar-refractivity contribution in [3.8, 4) is 0 Å². The summed E-state index contributed by atoms with van der Waals surface area (Å²) in [6.45, 7) is 1.43. The second kappa shape index (κ2) is 7.49. The molecule has 0 radical (unpaired) electrons. The molecule has 3 rings (SSSR count). The summed E-state index contributed by atoms with van der Waals surface area (Å²) in [5.74, 6) is 0.530. The van der Waals surface area contributed by atoms with Crippen LogP contribution in [0.2, 0.25) is 0 Å². The number of nitrogens with one attached hydrogen (secondary N) is 1. The Bertz CT molecular complexity index is 684. The fourth-order valence-electron chi connectivity index (χ4n) is 3.28. The molecule has 2 heterocycles. The minimum Gasteiger partial charge on any atom is -0.451 e. The summed E-state index contributed by atoms with van der Waals surface area (Å²) in [7, 11) is 0. The van der Waals surface area contributed by atoms with E-state index in [9.17, 15) is 9.59 Å². The van der Waals surface area contributed by atoms with Crippen LogP contribution in [0.15, 0.2) is 34.7 Å². The highest BCUT2D eigenvalue weighted by Gasteiger charge is 2.25. The number of likely N-dealkylation sites (tertiary alicyclic amines) is 1. The zero-order chi connectivity index (χ0) is 16.9. The van der Waals surface area contributed by atoms with Gasteiger partial charge in [-0.3, -0.25) is 14.8 Å². The molecule has 1 aromatic carbocycles. The van der Waals surface area contributed by atoms with E-state index in [1.165, 1.54) is 0 Å². The lowest BCUT2D eigenvalue weighted by Gasteiger charge is -2.31. The number of carbonyl (C=O) groups is 2. The molecule has 6 heteroatoms. The molecule has 128 valence electrons. The van der Waals surface area contributed by atoms with Crippen LogP contribution < -0.4 is 5.48 Å². The molecule has 6 nitrogen and oxygen atoms in total. The van der Waals surface area contributed by atoms with Gasteiger partial charge >= 0.3 is 0 Å². The third-order valence-electron chi connectivity index (χ3n) is 4.68. The van der Waals surface area contributed by atoms with Crippen molar-refractivity contribution >= 4 is 22.8 Å². The maximum Gasteiger partial charge on any atom is 0.289 e. The number of furan rings is 1. The number of para-hydroxylation sites is 1. The maximum atomic E-state index is 12.6. The molecule has 2 aromatic rings. The summed E-state index contributed by atoms with van der Waals surface area (Å²) >= 11 is 0. The Morgan fingerprint density at radius 2 is 2.00 bits per heavy atom. The molecule has 0 unspecified atom stereocenters. The fraction of sp³-hybridized carbons (Fsp3) is 0.444. The number of hydrogen-bond acceptors (Lipinski definition) is 4. The van der Waals surface area contributed by atoms with Crippen LogP contribution >= 0.6 is 0 Å². The van der Waals surface area contributed by atoms with Crippen LogP contribution in [0.4, 0.5) is 0 Å². The van der Waals surface area contributed by atoms with Gasteiger partial charge in [0.1, 0.15) is 5.58 Å². The third-order valence-corrected chi connectivity index (χ3v) is 4.68. The number of hydrogen-bond donors (Lipinski definition) is 2. The van der Waals surface area contributed by atoms with Crippen LogP contribution in [0, 0.1) is 5.92 Å². The van der Waals surface area contributed by atoms with Gasteiger partial charge in [-0.25, -0.2) is 5.48 Å². The van der Waals surface area contributed by atoms with Crippen LogP contribution in [0.1, 0.15) is 42.7 Å². The molecule has 0 saturated carbocycles. The molecule has 2 N–H and O–H groups in total. The minimum atomic E-state index is -0.340. The summed E-state index contributed by atoms with van der Waals surface area (Å²) in [5.41, 5.74) is 2.39. The number of piperidine rings is 1. The quantitative estimate of drug-likeness (QED) is 0.652. The van der Waals surface area contributed by atoms with E-state index < -0.39 is 0 Å². The van der Waals surface area contributed by atoms with E-state index in [0.717, 1.165) is 36.7 Å². The third kappa shape index (κ3) is 3.76. The van der Waals surface area contributed by atoms with E-state index in [1.807, 2.05) is 29.2 Å². The maximum absolute atomic E-state index is 12.6. The van der Waals surface area contributed by atoms with Crippen LogP contribution in [-0.4, -0.2) is 35.0 Å². The van der Waals surface area contributed by atoms with Gasteiger partial charge in [0.05, 0.1) is 0 Å². The fourth-order valence-corrected chi connectivity index (χ4v) is 3.28. The van der Waals surface area contributed by atoms with Crippen molar-refractivity contribution < 1.29 is 19.2 Å². The van der Waals surface area contributed by atoms with Crippen molar-refractivity contribution in [1.29, 1.82) is 0 Å². The van der Waals surface area contributed by atoms with Gasteiger partial charge in [0, 0.05) is 24.9 Å². The van der Waals surface area contributed by atoms with Gasteiger partial charge in [-0.1, -0.05) is 18.2 Å². The van der Waals surface area contributed by atoms with Crippen molar-refractivity contribution in [2.45, 2.75) is 32.1 Å². The lowest BCUT2D eigenvalue weighted by molar-refractivity contribution is -0.129. The first kappa shape index (κ1) is 16.5. The molecule has 1 saturated heterocycles. The van der Waals surface area contributed by atoms with Crippen LogP contribution in [0.5, 0.6) is 0 Å². The van der Waals surface area contributed by atoms with Gasteiger partial charge in [-0.05, 0) is 43.7 Å². The van der Waals surface area contributed by atoms with Crippen molar-refractivity contribution in [3.05, 3.63) is 36.1 Å². The Balaban J connectivity index is 1.50. The SMILES string of the molecule is O=C(CCCC1CCN(C(=O)c2cc3ccccc3o2)CC1)NO. The van der Waals surface area contributed by atoms with Crippen molar-refractivity contribution in [3.63, 3.8) is 0 Å². The number of nitrogens with zero attached hydrogens (tertiary/aromatic N) is 1. The molecule has 1 aromatic heterocycles. The summed E-state index contributed by atoms with van der Waals surface area (Å²) in [4.78, 5) is 25.4. The van der Waals surface area contributed by atoms with E-state index in [1.54, 1.807) is 11.5 Å². The van der Waals surface area contributed by atoms with Gasteiger partial charge in [-0.2, -0.15) is 0 Å². The normalized spacial score (nSPS) is 15.6. The largest absolute Gasteiger partial charge is 0.451 e. The highest BCUT2D eigenvalue weighted by Crippen LogP contribution is 2.25. The first-order valence-electron chi connectivity index (χ1n) is 8.38. The molecule has 0 aliphatic carbocycles. The Kier molecular flexibility index (Phi) is 5.15. The molecule has 2 amide bonds. The second-order valence-electron chi connectivity index (χ2n) is 6.31. The van der Waals surface area contributed by atoms with E-state index in [0.29, 0.717) is 31.2 Å². The monoisotopic (exact) mass is 330 g/mol. The Labute approximate surface area is 140 Å². The van der Waals surface area contributed by atoms with E-state index in [-0.39, 0.29) is 11.8 Å². The molecule has 1 fully saturated rings. The molecule has 0 atom stereocenters. The zero-order valence-electron chi connectivity index (χ0n) is 13.5. The average Bonchev–Trinajstić information content (AvgIpc) is 3.05. The predicted molar refractivity (Wildman–Crippen MR) is 88.6 cm³/mol. The summed E-state index contributed by atoms with van der Waals surface area (Å²) < 4.78 is 5.65. The van der Waals surface area contributed by atoms with E-state index in [2.05, 4.69) is 0 Å². The van der Waals surface area contributed by atoms with Crippen LogP contribution in [0.3, 0.4) is 0 Å². The first-order valence-corrected chi connectivity index (χ1v) is 8.38. The Morgan fingerprint density at radius 1 is 1.25 bits per heavy atom. The average molecular weight is 330 g/mol. The van der Waals surface area contributed by atoms with Gasteiger partial charge < -0.3 is 9.32 Å². The Hall–Kier alpha value is -2.34. The van der Waals surface area contributed by atoms with Crippen molar-refractivity contribution in [1.82, 2.24) is 10.4 Å². The van der Waals surface area contributed by atoms with Gasteiger partial charge in [0.15, 0.2) is 5.76 Å². The van der Waals surface area contributed by atoms with Gasteiger partial charge in [-0.15, -0.1) is 0 Å². The Morgan fingerprint density at radius 3 is 2.71 bits per heavy atom. The molecule has 0 spiro atoms. The number of benzene rings is 1. The summed E-state index contributed by atoms with van der Waals surface area (Å²) in [6.07, 6.45) is 3.92. The molecular weight excluding hydrogens is 308 g/mol. The summed E-state index contributed by atoms with van der Waals surface area (Å²) in [5, 5.41) is 9.42. The molecular formula is C18H22N2O4. The van der Waals surface area contributed by atoms with E-state index >= 15 is 0 Å². The zero-order valence-corrected chi connectivity index (χ0v) is 13.5. The predicted octanol–water partition coefficient (Wildman–Crippen LogP) is 2.96. The molecule has 0 bridgehead atoms. The first-order chi connectivity index (χ1) is 11.7. The number of amides is 2. The van der Waals surface area contributed by atoms with Crippen molar-refractivity contribution in [2.24, 2.45) is 5.92 Å². The summed E-state index contributed by atoms with van der Waals surface area (Å²) in [6, 6.07) is 9.42. The lowest BCUT2D eigenvalue weighted by atomic mass is 9.91. The number of carbonyl (C=O) groups excluding carboxylic acids is 2. The van der Waals surface area contributed by atoms with Crippen LogP contribution in [-0.2, 0) is 4.79 Å². The second-order valence-corrected chi connectivity index (χ2v) is 6.31. The molecule has 1 aliphatic heterocycles. The molecule has 24 heavy (non-hydrogen) atoms. The van der Waals surface area contributed by atoms with E-state index in [4.69, 9.17) is 9.62 Å². The highest BCUT2D eigenvalue weighted by atomic mass is 16.5. The topological polar surface area (TPSA) is 82.8 Å². The van der Waals surface area contributed by atoms with Crippen LogP contribution in [0.25, 0.3) is 11.0 Å². The number of hydroxylamine groups is 1. The molecule has 1 aliphatic rings.